The van der Waals surface area contributed by atoms with Crippen LogP contribution in [-0.2, 0) is 13.6 Å². The highest BCUT2D eigenvalue weighted by Crippen LogP contribution is 2.34. The molecule has 2 aromatic heterocycles. The number of aromatic nitrogens is 5. The summed E-state index contributed by atoms with van der Waals surface area (Å²) in [7, 11) is 1.92. The molecule has 0 radical (unpaired) electrons. The lowest BCUT2D eigenvalue weighted by Crippen LogP contribution is -2.29. The highest BCUT2D eigenvalue weighted by Gasteiger charge is 2.40. The average Bonchev–Trinajstić information content (AvgIpc) is 3.17. The van der Waals surface area contributed by atoms with E-state index in [1.807, 2.05) is 13.2 Å². The van der Waals surface area contributed by atoms with Crippen molar-refractivity contribution in [2.45, 2.75) is 20.4 Å². The van der Waals surface area contributed by atoms with Crippen LogP contribution in [-0.4, -0.2) is 56.0 Å². The molecule has 7 heteroatoms. The largest absolute Gasteiger partial charge is 0.356 e. The van der Waals surface area contributed by atoms with Crippen molar-refractivity contribution >= 4 is 5.82 Å². The van der Waals surface area contributed by atoms with Gasteiger partial charge in [0.05, 0.1) is 5.69 Å². The van der Waals surface area contributed by atoms with Gasteiger partial charge in [0, 0.05) is 57.2 Å². The number of fused-ring (bicyclic) bond motifs is 1. The Hall–Kier alpha value is -2.02. The third-order valence-electron chi connectivity index (χ3n) is 5.21. The van der Waals surface area contributed by atoms with E-state index in [-0.39, 0.29) is 0 Å². The van der Waals surface area contributed by atoms with Gasteiger partial charge in [0.25, 0.3) is 0 Å². The van der Waals surface area contributed by atoms with Crippen LogP contribution in [0.4, 0.5) is 5.82 Å². The third-order valence-corrected chi connectivity index (χ3v) is 5.21. The van der Waals surface area contributed by atoms with Crippen LogP contribution in [0.3, 0.4) is 0 Å². The zero-order chi connectivity index (χ0) is 16.0. The van der Waals surface area contributed by atoms with Gasteiger partial charge in [-0.2, -0.15) is 0 Å². The normalized spacial score (nSPS) is 24.4. The van der Waals surface area contributed by atoms with E-state index >= 15 is 0 Å². The van der Waals surface area contributed by atoms with Gasteiger partial charge in [-0.25, -0.2) is 9.97 Å². The van der Waals surface area contributed by atoms with E-state index in [1.165, 1.54) is 5.56 Å². The van der Waals surface area contributed by atoms with Gasteiger partial charge in [0.15, 0.2) is 0 Å². The standard InChI is InChI=1S/C16H23N7/c1-11-12(2)17-10-18-16(11)23-6-13-4-22(5-14(13)7-23)9-15-8-21(3)20-19-15/h8,10,13-14H,4-7,9H2,1-3H3. The van der Waals surface area contributed by atoms with Gasteiger partial charge in [0.1, 0.15) is 12.1 Å². The smallest absolute Gasteiger partial charge is 0.135 e. The van der Waals surface area contributed by atoms with Crippen molar-refractivity contribution in [1.29, 1.82) is 0 Å². The first-order chi connectivity index (χ1) is 11.1. The summed E-state index contributed by atoms with van der Waals surface area (Å²) in [5.41, 5.74) is 3.35. The molecule has 2 aliphatic rings. The summed E-state index contributed by atoms with van der Waals surface area (Å²) in [6, 6.07) is 0. The van der Waals surface area contributed by atoms with Crippen LogP contribution >= 0.6 is 0 Å². The molecule has 2 saturated heterocycles. The molecule has 4 rings (SSSR count). The second-order valence-corrected chi connectivity index (χ2v) is 6.91. The van der Waals surface area contributed by atoms with Gasteiger partial charge in [-0.05, 0) is 25.7 Å². The Bertz CT molecular complexity index is 696. The Morgan fingerprint density at radius 3 is 2.48 bits per heavy atom. The molecule has 0 aromatic carbocycles. The van der Waals surface area contributed by atoms with Gasteiger partial charge in [0.2, 0.25) is 0 Å². The Morgan fingerprint density at radius 2 is 1.83 bits per heavy atom. The zero-order valence-electron chi connectivity index (χ0n) is 14.0. The molecule has 7 nitrogen and oxygen atoms in total. The first-order valence-corrected chi connectivity index (χ1v) is 8.21. The molecule has 0 aliphatic carbocycles. The maximum absolute atomic E-state index is 4.52. The van der Waals surface area contributed by atoms with Crippen molar-refractivity contribution in [2.75, 3.05) is 31.1 Å². The summed E-state index contributed by atoms with van der Waals surface area (Å²) in [6.07, 6.45) is 3.69. The Labute approximate surface area is 136 Å². The van der Waals surface area contributed by atoms with Crippen molar-refractivity contribution in [3.8, 4) is 0 Å². The number of anilines is 1. The molecule has 122 valence electrons. The molecule has 2 aromatic rings. The second kappa shape index (κ2) is 5.56. The van der Waals surface area contributed by atoms with Gasteiger partial charge in [-0.15, -0.1) is 5.10 Å². The lowest BCUT2D eigenvalue weighted by molar-refractivity contribution is 0.305. The minimum Gasteiger partial charge on any atom is -0.356 e. The molecule has 2 atom stereocenters. The van der Waals surface area contributed by atoms with Crippen molar-refractivity contribution in [1.82, 2.24) is 29.9 Å². The topological polar surface area (TPSA) is 63.0 Å². The van der Waals surface area contributed by atoms with E-state index in [9.17, 15) is 0 Å². The third kappa shape index (κ3) is 2.69. The molecule has 23 heavy (non-hydrogen) atoms. The highest BCUT2D eigenvalue weighted by molar-refractivity contribution is 5.48. The van der Waals surface area contributed by atoms with Crippen LogP contribution in [0.1, 0.15) is 17.0 Å². The Kier molecular flexibility index (Phi) is 3.52. The molecule has 0 spiro atoms. The summed E-state index contributed by atoms with van der Waals surface area (Å²) in [5.74, 6) is 2.56. The SMILES string of the molecule is Cc1ncnc(N2CC3CN(Cc4cn(C)nn4)CC3C2)c1C. The minimum atomic E-state index is 0.723. The molecule has 2 fully saturated rings. The van der Waals surface area contributed by atoms with Gasteiger partial charge in [-0.1, -0.05) is 5.21 Å². The summed E-state index contributed by atoms with van der Waals surface area (Å²) >= 11 is 0. The molecular formula is C16H23N7. The lowest BCUT2D eigenvalue weighted by Gasteiger charge is -2.23. The van der Waals surface area contributed by atoms with Gasteiger partial charge < -0.3 is 4.90 Å². The first-order valence-electron chi connectivity index (χ1n) is 8.21. The number of rotatable bonds is 3. The van der Waals surface area contributed by atoms with E-state index in [0.29, 0.717) is 0 Å². The van der Waals surface area contributed by atoms with Crippen molar-refractivity contribution in [3.63, 3.8) is 0 Å². The van der Waals surface area contributed by atoms with Gasteiger partial charge >= 0.3 is 0 Å². The van der Waals surface area contributed by atoms with Crippen molar-refractivity contribution in [3.05, 3.63) is 29.5 Å². The predicted octanol–water partition coefficient (Wildman–Crippen LogP) is 0.790. The van der Waals surface area contributed by atoms with E-state index < -0.39 is 0 Å². The molecule has 2 unspecified atom stereocenters. The maximum Gasteiger partial charge on any atom is 0.135 e. The van der Waals surface area contributed by atoms with E-state index in [1.54, 1.807) is 11.0 Å². The molecular weight excluding hydrogens is 290 g/mol. The van der Waals surface area contributed by atoms with E-state index in [2.05, 4.69) is 43.9 Å². The lowest BCUT2D eigenvalue weighted by atomic mass is 10.0. The minimum absolute atomic E-state index is 0.723. The quantitative estimate of drug-likeness (QED) is 0.835. The highest BCUT2D eigenvalue weighted by atomic mass is 15.4. The Morgan fingerprint density at radius 1 is 1.09 bits per heavy atom. The first kappa shape index (κ1) is 14.6. The Balaban J connectivity index is 1.41. The van der Waals surface area contributed by atoms with Crippen molar-refractivity contribution in [2.24, 2.45) is 18.9 Å². The summed E-state index contributed by atoms with van der Waals surface area (Å²) in [5, 5.41) is 8.22. The van der Waals surface area contributed by atoms with Crippen LogP contribution < -0.4 is 4.90 Å². The monoisotopic (exact) mass is 313 g/mol. The summed E-state index contributed by atoms with van der Waals surface area (Å²) in [4.78, 5) is 13.8. The second-order valence-electron chi connectivity index (χ2n) is 6.91. The number of aryl methyl sites for hydroxylation is 2. The fourth-order valence-corrected chi connectivity index (χ4v) is 3.93. The van der Waals surface area contributed by atoms with E-state index in [4.69, 9.17) is 0 Å². The maximum atomic E-state index is 4.52. The van der Waals surface area contributed by atoms with Gasteiger partial charge in [-0.3, -0.25) is 9.58 Å². The molecule has 2 aliphatic heterocycles. The summed E-state index contributed by atoms with van der Waals surface area (Å²) < 4.78 is 1.77. The number of hydrogen-bond donors (Lipinski definition) is 0. The molecule has 0 N–H and O–H groups in total. The summed E-state index contributed by atoms with van der Waals surface area (Å²) in [6.45, 7) is 9.56. The molecule has 0 amide bonds. The molecule has 0 saturated carbocycles. The number of hydrogen-bond acceptors (Lipinski definition) is 6. The van der Waals surface area contributed by atoms with Crippen LogP contribution in [0.2, 0.25) is 0 Å². The fourth-order valence-electron chi connectivity index (χ4n) is 3.93. The average molecular weight is 313 g/mol. The fraction of sp³-hybridized carbons (Fsp3) is 0.625. The predicted molar refractivity (Wildman–Crippen MR) is 87.0 cm³/mol. The van der Waals surface area contributed by atoms with Crippen LogP contribution in [0.25, 0.3) is 0 Å². The van der Waals surface area contributed by atoms with Crippen molar-refractivity contribution < 1.29 is 0 Å². The van der Waals surface area contributed by atoms with Crippen LogP contribution in [0.5, 0.6) is 0 Å². The number of likely N-dealkylation sites (tertiary alicyclic amines) is 1. The number of nitrogens with zero attached hydrogens (tertiary/aromatic N) is 7. The molecule has 4 heterocycles. The van der Waals surface area contributed by atoms with E-state index in [0.717, 1.165) is 61.8 Å². The van der Waals surface area contributed by atoms with Crippen LogP contribution in [0, 0.1) is 25.7 Å². The molecule has 0 bridgehead atoms. The van der Waals surface area contributed by atoms with Crippen LogP contribution in [0.15, 0.2) is 12.5 Å². The zero-order valence-corrected chi connectivity index (χ0v) is 14.0.